The van der Waals surface area contributed by atoms with Gasteiger partial charge < -0.3 is 15.3 Å². The first-order valence-electron chi connectivity index (χ1n) is 5.85. The smallest absolute Gasteiger partial charge is 0.305 e. The normalized spacial score (nSPS) is 8.50. The maximum Gasteiger partial charge on any atom is 0.305 e. The summed E-state index contributed by atoms with van der Waals surface area (Å²) in [4.78, 5) is 28.9. The average molecular weight is 264 g/mol. The van der Waals surface area contributed by atoms with Crippen molar-refractivity contribution in [1.29, 1.82) is 0 Å². The van der Waals surface area contributed by atoms with Gasteiger partial charge in [0.2, 0.25) is 0 Å². The fourth-order valence-electron chi connectivity index (χ4n) is 0.428. The van der Waals surface area contributed by atoms with E-state index in [4.69, 9.17) is 15.3 Å². The number of carbonyl (C=O) groups is 3. The Morgan fingerprint density at radius 1 is 0.833 bits per heavy atom. The molecule has 0 atom stereocenters. The average Bonchev–Trinajstić information content (AvgIpc) is 2.18. The molecule has 0 fully saturated rings. The molecule has 0 amide bonds. The van der Waals surface area contributed by atoms with Gasteiger partial charge in [-0.3, -0.25) is 14.4 Å². The van der Waals surface area contributed by atoms with E-state index < -0.39 is 17.9 Å². The number of carboxylic acid groups (broad SMARTS) is 3. The van der Waals surface area contributed by atoms with Crippen molar-refractivity contribution in [2.75, 3.05) is 0 Å². The molecule has 0 spiro atoms. The monoisotopic (exact) mass is 264 g/mol. The van der Waals surface area contributed by atoms with E-state index in [1.807, 2.05) is 13.8 Å². The fraction of sp³-hybridized carbons (Fsp3) is 0.750. The summed E-state index contributed by atoms with van der Waals surface area (Å²) in [6.07, 6.45) is 2.05. The molecule has 0 aromatic rings. The van der Waals surface area contributed by atoms with Crippen molar-refractivity contribution < 1.29 is 29.7 Å². The molecule has 0 rings (SSSR count). The van der Waals surface area contributed by atoms with E-state index in [2.05, 4.69) is 0 Å². The maximum atomic E-state index is 9.70. The Hall–Kier alpha value is -1.59. The number of aliphatic carboxylic acids is 3. The van der Waals surface area contributed by atoms with Crippen molar-refractivity contribution >= 4 is 17.9 Å². The second kappa shape index (κ2) is 15.4. The lowest BCUT2D eigenvalue weighted by Gasteiger charge is -1.89. The Morgan fingerprint density at radius 2 is 1.06 bits per heavy atom. The summed E-state index contributed by atoms with van der Waals surface area (Å²) in [7, 11) is 0. The molecule has 18 heavy (non-hydrogen) atoms. The Labute approximate surface area is 108 Å². The predicted octanol–water partition coefficient (Wildman–Crippen LogP) is 2.47. The molecule has 0 bridgehead atoms. The minimum absolute atomic E-state index is 0.231. The van der Waals surface area contributed by atoms with E-state index in [9.17, 15) is 14.4 Å². The summed E-state index contributed by atoms with van der Waals surface area (Å²) < 4.78 is 0. The Kier molecular flexibility index (Phi) is 18.6. The number of hydrogen-bond acceptors (Lipinski definition) is 3. The van der Waals surface area contributed by atoms with Gasteiger partial charge in [-0.05, 0) is 12.8 Å². The van der Waals surface area contributed by atoms with Gasteiger partial charge in [-0.2, -0.15) is 0 Å². The second-order valence-corrected chi connectivity index (χ2v) is 3.78. The molecule has 6 heteroatoms. The summed E-state index contributed by atoms with van der Waals surface area (Å²) in [5.74, 6) is -2.39. The van der Waals surface area contributed by atoms with Crippen LogP contribution in [0.4, 0.5) is 0 Å². The first-order chi connectivity index (χ1) is 8.18. The fourth-order valence-corrected chi connectivity index (χ4v) is 0.428. The van der Waals surface area contributed by atoms with Gasteiger partial charge >= 0.3 is 17.9 Å². The SMILES string of the molecule is CC(C)C(=O)O.CCCC(=O)O.CCCC(=O)O. The highest BCUT2D eigenvalue weighted by Crippen LogP contribution is 1.87. The lowest BCUT2D eigenvalue weighted by Crippen LogP contribution is -2.03. The molecule has 0 saturated carbocycles. The van der Waals surface area contributed by atoms with Gasteiger partial charge in [-0.25, -0.2) is 0 Å². The maximum absolute atomic E-state index is 9.70. The zero-order valence-electron chi connectivity index (χ0n) is 11.5. The number of carboxylic acids is 3. The molecule has 0 aliphatic carbocycles. The van der Waals surface area contributed by atoms with Crippen LogP contribution in [0.3, 0.4) is 0 Å². The molecule has 0 radical (unpaired) electrons. The molecule has 0 heterocycles. The molecular weight excluding hydrogens is 240 g/mol. The zero-order valence-corrected chi connectivity index (χ0v) is 11.5. The van der Waals surface area contributed by atoms with Crippen LogP contribution in [0, 0.1) is 5.92 Å². The van der Waals surface area contributed by atoms with Crippen LogP contribution in [0.15, 0.2) is 0 Å². The predicted molar refractivity (Wildman–Crippen MR) is 67.6 cm³/mol. The van der Waals surface area contributed by atoms with Crippen molar-refractivity contribution in [3.63, 3.8) is 0 Å². The van der Waals surface area contributed by atoms with Crippen LogP contribution in [0.25, 0.3) is 0 Å². The topological polar surface area (TPSA) is 112 Å². The van der Waals surface area contributed by atoms with Crippen LogP contribution in [0.5, 0.6) is 0 Å². The van der Waals surface area contributed by atoms with E-state index in [-0.39, 0.29) is 5.92 Å². The quantitative estimate of drug-likeness (QED) is 0.703. The third kappa shape index (κ3) is 36.6. The first kappa shape index (κ1) is 21.7. The summed E-state index contributed by atoms with van der Waals surface area (Å²) in [5, 5.41) is 23.8. The molecule has 0 aromatic carbocycles. The number of rotatable bonds is 5. The van der Waals surface area contributed by atoms with Crippen LogP contribution in [-0.4, -0.2) is 33.2 Å². The molecule has 0 unspecified atom stereocenters. The first-order valence-corrected chi connectivity index (χ1v) is 5.85. The highest BCUT2D eigenvalue weighted by Gasteiger charge is 1.99. The molecule has 108 valence electrons. The Morgan fingerprint density at radius 3 is 1.06 bits per heavy atom. The molecule has 0 aliphatic heterocycles. The van der Waals surface area contributed by atoms with Crippen molar-refractivity contribution in [3.8, 4) is 0 Å². The Balaban J connectivity index is -0.000000187. The lowest BCUT2D eigenvalue weighted by molar-refractivity contribution is -0.140. The van der Waals surface area contributed by atoms with E-state index in [0.717, 1.165) is 12.8 Å². The minimum atomic E-state index is -0.741. The molecule has 3 N–H and O–H groups in total. The third-order valence-electron chi connectivity index (χ3n) is 1.42. The van der Waals surface area contributed by atoms with Gasteiger partial charge in [0.25, 0.3) is 0 Å². The summed E-state index contributed by atoms with van der Waals surface area (Å²) in [6.45, 7) is 6.97. The minimum Gasteiger partial charge on any atom is -0.481 e. The van der Waals surface area contributed by atoms with Crippen molar-refractivity contribution in [2.24, 2.45) is 5.92 Å². The van der Waals surface area contributed by atoms with E-state index in [1.54, 1.807) is 13.8 Å². The van der Waals surface area contributed by atoms with Gasteiger partial charge in [-0.1, -0.05) is 27.7 Å². The molecule has 6 nitrogen and oxygen atoms in total. The zero-order chi connectivity index (χ0) is 15.1. The van der Waals surface area contributed by atoms with Crippen LogP contribution in [0.1, 0.15) is 53.4 Å². The molecular formula is C12H24O6. The third-order valence-corrected chi connectivity index (χ3v) is 1.42. The van der Waals surface area contributed by atoms with Crippen LogP contribution in [0.2, 0.25) is 0 Å². The van der Waals surface area contributed by atoms with Crippen LogP contribution >= 0.6 is 0 Å². The summed E-state index contributed by atoms with van der Waals surface area (Å²) in [5.41, 5.74) is 0. The van der Waals surface area contributed by atoms with Gasteiger partial charge in [0, 0.05) is 12.8 Å². The van der Waals surface area contributed by atoms with Gasteiger partial charge in [-0.15, -0.1) is 0 Å². The van der Waals surface area contributed by atoms with Gasteiger partial charge in [0.05, 0.1) is 5.92 Å². The largest absolute Gasteiger partial charge is 0.481 e. The number of hydrogen-bond donors (Lipinski definition) is 3. The Bertz CT molecular complexity index is 219. The van der Waals surface area contributed by atoms with Crippen LogP contribution in [-0.2, 0) is 14.4 Å². The standard InChI is InChI=1S/3C4H8O2/c1-3(2)4(5)6;2*1-2-3-4(5)6/h3H,1-2H3,(H,5,6);2*2-3H2,1H3,(H,5,6). The molecule has 0 aromatic heterocycles. The van der Waals surface area contributed by atoms with E-state index >= 15 is 0 Å². The van der Waals surface area contributed by atoms with E-state index in [0.29, 0.717) is 12.8 Å². The summed E-state index contributed by atoms with van der Waals surface area (Å²) in [6, 6.07) is 0. The van der Waals surface area contributed by atoms with Crippen molar-refractivity contribution in [3.05, 3.63) is 0 Å². The summed E-state index contributed by atoms with van der Waals surface area (Å²) >= 11 is 0. The molecule has 0 saturated heterocycles. The molecule has 0 aliphatic rings. The van der Waals surface area contributed by atoms with E-state index in [1.165, 1.54) is 0 Å². The van der Waals surface area contributed by atoms with Crippen LogP contribution < -0.4 is 0 Å². The van der Waals surface area contributed by atoms with Gasteiger partial charge in [0.15, 0.2) is 0 Å². The highest BCUT2D eigenvalue weighted by atomic mass is 16.4. The lowest BCUT2D eigenvalue weighted by atomic mass is 10.2. The van der Waals surface area contributed by atoms with Crippen molar-refractivity contribution in [1.82, 2.24) is 0 Å². The van der Waals surface area contributed by atoms with Crippen molar-refractivity contribution in [2.45, 2.75) is 53.4 Å². The van der Waals surface area contributed by atoms with Gasteiger partial charge in [0.1, 0.15) is 0 Å². The highest BCUT2D eigenvalue weighted by molar-refractivity contribution is 5.68. The second-order valence-electron chi connectivity index (χ2n) is 3.78.